The van der Waals surface area contributed by atoms with Crippen LogP contribution in [0.5, 0.6) is 0 Å². The van der Waals surface area contributed by atoms with Gasteiger partial charge < -0.3 is 5.32 Å². The van der Waals surface area contributed by atoms with E-state index in [1.165, 1.54) is 32.6 Å². The predicted molar refractivity (Wildman–Crippen MR) is 84.7 cm³/mol. The number of ketones is 1. The predicted octanol–water partition coefficient (Wildman–Crippen LogP) is 4.25. The van der Waals surface area contributed by atoms with Gasteiger partial charge in [0.15, 0.2) is 5.78 Å². The summed E-state index contributed by atoms with van der Waals surface area (Å²) in [5, 5.41) is 2.72. The van der Waals surface area contributed by atoms with Crippen LogP contribution in [-0.4, -0.2) is 17.7 Å². The molecule has 1 N–H and O–H groups in total. The summed E-state index contributed by atoms with van der Waals surface area (Å²) in [6.07, 6.45) is 10.3. The molecule has 0 saturated carbocycles. The highest BCUT2D eigenvalue weighted by Crippen LogP contribution is 2.20. The van der Waals surface area contributed by atoms with Gasteiger partial charge in [-0.3, -0.25) is 9.59 Å². The van der Waals surface area contributed by atoms with Crippen LogP contribution in [-0.2, 0) is 9.59 Å². The Morgan fingerprint density at radius 2 is 1.45 bits per heavy atom. The van der Waals surface area contributed by atoms with Gasteiger partial charge in [0.1, 0.15) is 0 Å². The summed E-state index contributed by atoms with van der Waals surface area (Å²) < 4.78 is 0. The maximum Gasteiger partial charge on any atom is 0.217 e. The zero-order chi connectivity index (χ0) is 15.4. The fraction of sp³-hybridized carbons (Fsp3) is 0.882. The molecule has 0 saturated heterocycles. The van der Waals surface area contributed by atoms with Crippen molar-refractivity contribution in [1.82, 2.24) is 5.32 Å². The van der Waals surface area contributed by atoms with Crippen LogP contribution in [0.4, 0.5) is 0 Å². The van der Waals surface area contributed by atoms with E-state index in [9.17, 15) is 9.59 Å². The van der Waals surface area contributed by atoms with Gasteiger partial charge in [0.05, 0.1) is 6.04 Å². The lowest BCUT2D eigenvalue weighted by Gasteiger charge is -2.20. The first-order valence-electron chi connectivity index (χ1n) is 8.33. The highest BCUT2D eigenvalue weighted by Gasteiger charge is 2.23. The lowest BCUT2D eigenvalue weighted by atomic mass is 9.88. The van der Waals surface area contributed by atoms with Crippen molar-refractivity contribution in [3.05, 3.63) is 0 Å². The van der Waals surface area contributed by atoms with Gasteiger partial charge in [0.2, 0.25) is 5.91 Å². The molecule has 0 fully saturated rings. The Bertz CT molecular complexity index is 276. The summed E-state index contributed by atoms with van der Waals surface area (Å²) in [5.41, 5.74) is 0. The van der Waals surface area contributed by atoms with Crippen molar-refractivity contribution in [2.45, 2.75) is 91.5 Å². The molecule has 118 valence electrons. The van der Waals surface area contributed by atoms with Gasteiger partial charge in [-0.1, -0.05) is 58.8 Å². The fourth-order valence-electron chi connectivity index (χ4n) is 2.60. The largest absolute Gasteiger partial charge is 0.347 e. The van der Waals surface area contributed by atoms with Crippen LogP contribution < -0.4 is 5.32 Å². The first-order valence-corrected chi connectivity index (χ1v) is 8.33. The average molecular weight is 283 g/mol. The summed E-state index contributed by atoms with van der Waals surface area (Å²) in [6, 6.07) is -0.343. The quantitative estimate of drug-likeness (QED) is 0.544. The standard InChI is InChI=1S/C17H33NO2/c1-5-7-9-10-11-13-16(12-8-6-2)17(20)14(3)18-15(4)19/h14,16H,5-13H2,1-4H3,(H,18,19)/t14-,16?/m1/s1. The van der Waals surface area contributed by atoms with Gasteiger partial charge in [0.25, 0.3) is 0 Å². The molecule has 2 atom stereocenters. The Morgan fingerprint density at radius 1 is 0.900 bits per heavy atom. The molecule has 0 heterocycles. The Morgan fingerprint density at radius 3 is 2.00 bits per heavy atom. The average Bonchev–Trinajstić information content (AvgIpc) is 2.40. The van der Waals surface area contributed by atoms with E-state index in [-0.39, 0.29) is 23.7 Å². The maximum absolute atomic E-state index is 12.4. The molecule has 0 radical (unpaired) electrons. The molecule has 3 heteroatoms. The van der Waals surface area contributed by atoms with Crippen LogP contribution in [0.2, 0.25) is 0 Å². The van der Waals surface area contributed by atoms with Crippen molar-refractivity contribution < 1.29 is 9.59 Å². The molecule has 0 aliphatic heterocycles. The normalized spacial score (nSPS) is 13.8. The molecular formula is C17H33NO2. The summed E-state index contributed by atoms with van der Waals surface area (Å²) in [4.78, 5) is 23.5. The van der Waals surface area contributed by atoms with Crippen molar-refractivity contribution >= 4 is 11.7 Å². The Kier molecular flexibility index (Phi) is 11.4. The molecule has 0 aromatic carbocycles. The second-order valence-corrected chi connectivity index (χ2v) is 5.87. The summed E-state index contributed by atoms with van der Waals surface area (Å²) in [5.74, 6) is 0.214. The monoisotopic (exact) mass is 283 g/mol. The van der Waals surface area contributed by atoms with Gasteiger partial charge in [-0.25, -0.2) is 0 Å². The number of unbranched alkanes of at least 4 members (excludes halogenated alkanes) is 5. The number of carbonyl (C=O) groups is 2. The van der Waals surface area contributed by atoms with Crippen LogP contribution in [0.3, 0.4) is 0 Å². The summed E-state index contributed by atoms with van der Waals surface area (Å²) in [7, 11) is 0. The van der Waals surface area contributed by atoms with Gasteiger partial charge in [-0.15, -0.1) is 0 Å². The molecule has 0 aliphatic carbocycles. The van der Waals surface area contributed by atoms with Crippen LogP contribution in [0, 0.1) is 5.92 Å². The number of Topliss-reactive ketones (excluding diaryl/α,β-unsaturated/α-hetero) is 1. The summed E-state index contributed by atoms with van der Waals surface area (Å²) in [6.45, 7) is 7.64. The van der Waals surface area contributed by atoms with Gasteiger partial charge in [-0.05, 0) is 19.8 Å². The second kappa shape index (κ2) is 11.9. The minimum atomic E-state index is -0.343. The van der Waals surface area contributed by atoms with E-state index in [4.69, 9.17) is 0 Å². The van der Waals surface area contributed by atoms with E-state index in [0.717, 1.165) is 32.1 Å². The number of hydrogen-bond acceptors (Lipinski definition) is 2. The molecule has 20 heavy (non-hydrogen) atoms. The van der Waals surface area contributed by atoms with Crippen molar-refractivity contribution in [3.8, 4) is 0 Å². The van der Waals surface area contributed by atoms with Gasteiger partial charge >= 0.3 is 0 Å². The molecule has 1 unspecified atom stereocenters. The Balaban J connectivity index is 4.23. The topological polar surface area (TPSA) is 46.2 Å². The highest BCUT2D eigenvalue weighted by molar-refractivity contribution is 5.89. The third kappa shape index (κ3) is 9.11. The zero-order valence-electron chi connectivity index (χ0n) is 13.8. The molecule has 0 spiro atoms. The third-order valence-corrected chi connectivity index (χ3v) is 3.81. The number of nitrogens with one attached hydrogen (secondary N) is 1. The lowest BCUT2D eigenvalue weighted by Crippen LogP contribution is -2.40. The van der Waals surface area contributed by atoms with E-state index in [1.807, 2.05) is 0 Å². The number of rotatable bonds is 12. The SMILES string of the molecule is CCCCCCCC(CCCC)C(=O)[C@@H](C)NC(C)=O. The van der Waals surface area contributed by atoms with Crippen molar-refractivity contribution in [2.24, 2.45) is 5.92 Å². The minimum Gasteiger partial charge on any atom is -0.347 e. The summed E-state index contributed by atoms with van der Waals surface area (Å²) >= 11 is 0. The number of carbonyl (C=O) groups excluding carboxylic acids is 2. The van der Waals surface area contributed by atoms with Crippen molar-refractivity contribution in [3.63, 3.8) is 0 Å². The third-order valence-electron chi connectivity index (χ3n) is 3.81. The molecule has 0 aliphatic rings. The first-order chi connectivity index (χ1) is 9.52. The van der Waals surface area contributed by atoms with E-state index in [0.29, 0.717) is 0 Å². The molecule has 0 aromatic heterocycles. The van der Waals surface area contributed by atoms with Crippen LogP contribution in [0.1, 0.15) is 85.5 Å². The van der Waals surface area contributed by atoms with E-state index >= 15 is 0 Å². The van der Waals surface area contributed by atoms with E-state index in [1.54, 1.807) is 6.92 Å². The van der Waals surface area contributed by atoms with Crippen LogP contribution in [0.25, 0.3) is 0 Å². The Hall–Kier alpha value is -0.860. The van der Waals surface area contributed by atoms with Crippen LogP contribution in [0.15, 0.2) is 0 Å². The van der Waals surface area contributed by atoms with E-state index in [2.05, 4.69) is 19.2 Å². The maximum atomic E-state index is 12.4. The highest BCUT2D eigenvalue weighted by atomic mass is 16.2. The van der Waals surface area contributed by atoms with Crippen LogP contribution >= 0.6 is 0 Å². The smallest absolute Gasteiger partial charge is 0.217 e. The minimum absolute atomic E-state index is 0.122. The first kappa shape index (κ1) is 19.1. The molecule has 0 bridgehead atoms. The van der Waals surface area contributed by atoms with Crippen molar-refractivity contribution in [1.29, 1.82) is 0 Å². The lowest BCUT2D eigenvalue weighted by molar-refractivity contribution is -0.129. The molecule has 1 amide bonds. The fourth-order valence-corrected chi connectivity index (χ4v) is 2.60. The Labute approximate surface area is 124 Å². The van der Waals surface area contributed by atoms with E-state index < -0.39 is 0 Å². The zero-order valence-corrected chi connectivity index (χ0v) is 13.8. The number of amides is 1. The van der Waals surface area contributed by atoms with Crippen molar-refractivity contribution in [2.75, 3.05) is 0 Å². The molecular weight excluding hydrogens is 250 g/mol. The number of hydrogen-bond donors (Lipinski definition) is 1. The molecule has 3 nitrogen and oxygen atoms in total. The van der Waals surface area contributed by atoms with Gasteiger partial charge in [-0.2, -0.15) is 0 Å². The van der Waals surface area contributed by atoms with Gasteiger partial charge in [0, 0.05) is 12.8 Å². The molecule has 0 rings (SSSR count). The molecule has 0 aromatic rings. The second-order valence-electron chi connectivity index (χ2n) is 5.87.